The lowest BCUT2D eigenvalue weighted by molar-refractivity contribution is 0.579. The summed E-state index contributed by atoms with van der Waals surface area (Å²) in [5, 5.41) is 11.1. The molecule has 2 N–H and O–H groups in total. The van der Waals surface area contributed by atoms with E-state index in [1.54, 1.807) is 42.8 Å². The SMILES string of the molecule is Cc1nc(S(=O)(=O)NCCNc2ccc(-c3ccc(F)cc3)nn2)cn1C. The number of hydrogen-bond acceptors (Lipinski definition) is 6. The van der Waals surface area contributed by atoms with Crippen molar-refractivity contribution in [1.82, 2.24) is 24.5 Å². The Bertz CT molecular complexity index is 997. The average molecular weight is 390 g/mol. The van der Waals surface area contributed by atoms with E-state index >= 15 is 0 Å². The van der Waals surface area contributed by atoms with Gasteiger partial charge in [-0.05, 0) is 43.3 Å². The van der Waals surface area contributed by atoms with Crippen molar-refractivity contribution in [2.75, 3.05) is 18.4 Å². The zero-order valence-electron chi connectivity index (χ0n) is 14.8. The van der Waals surface area contributed by atoms with Crippen LogP contribution in [-0.4, -0.2) is 41.3 Å². The topological polar surface area (TPSA) is 102 Å². The fourth-order valence-electron chi connectivity index (χ4n) is 2.31. The predicted octanol–water partition coefficient (Wildman–Crippen LogP) is 1.72. The second kappa shape index (κ2) is 7.80. The Morgan fingerprint density at radius 2 is 1.81 bits per heavy atom. The number of imidazole rings is 1. The van der Waals surface area contributed by atoms with Crippen molar-refractivity contribution in [2.24, 2.45) is 7.05 Å². The maximum absolute atomic E-state index is 13.0. The lowest BCUT2D eigenvalue weighted by Gasteiger charge is -2.07. The average Bonchev–Trinajstić information content (AvgIpc) is 3.00. The zero-order valence-corrected chi connectivity index (χ0v) is 15.7. The Balaban J connectivity index is 1.52. The number of nitrogens with one attached hydrogen (secondary N) is 2. The van der Waals surface area contributed by atoms with E-state index in [9.17, 15) is 12.8 Å². The number of aryl methyl sites for hydroxylation is 2. The normalized spacial score (nSPS) is 11.5. The summed E-state index contributed by atoms with van der Waals surface area (Å²) in [7, 11) is -1.92. The molecule has 0 saturated heterocycles. The van der Waals surface area contributed by atoms with E-state index in [1.165, 1.54) is 18.3 Å². The van der Waals surface area contributed by atoms with E-state index in [4.69, 9.17) is 0 Å². The van der Waals surface area contributed by atoms with Crippen molar-refractivity contribution in [3.8, 4) is 11.3 Å². The molecule has 0 bridgehead atoms. The van der Waals surface area contributed by atoms with Gasteiger partial charge in [0.05, 0.1) is 5.69 Å². The van der Waals surface area contributed by atoms with E-state index in [-0.39, 0.29) is 17.4 Å². The van der Waals surface area contributed by atoms with Crippen molar-refractivity contribution in [1.29, 1.82) is 0 Å². The van der Waals surface area contributed by atoms with Gasteiger partial charge in [0.15, 0.2) is 5.03 Å². The fourth-order valence-corrected chi connectivity index (χ4v) is 3.37. The summed E-state index contributed by atoms with van der Waals surface area (Å²) < 4.78 is 41.4. The highest BCUT2D eigenvalue weighted by molar-refractivity contribution is 7.89. The van der Waals surface area contributed by atoms with E-state index < -0.39 is 10.0 Å². The molecule has 0 aliphatic heterocycles. The highest BCUT2D eigenvalue weighted by atomic mass is 32.2. The molecule has 0 amide bonds. The molecule has 3 aromatic rings. The lowest BCUT2D eigenvalue weighted by atomic mass is 10.1. The van der Waals surface area contributed by atoms with E-state index in [0.717, 1.165) is 5.56 Å². The molecule has 0 aliphatic carbocycles. The molecule has 0 aliphatic rings. The van der Waals surface area contributed by atoms with Gasteiger partial charge in [-0.3, -0.25) is 0 Å². The van der Waals surface area contributed by atoms with E-state index in [2.05, 4.69) is 25.2 Å². The van der Waals surface area contributed by atoms with Gasteiger partial charge >= 0.3 is 0 Å². The third-order valence-corrected chi connectivity index (χ3v) is 5.22. The molecule has 2 heterocycles. The molecule has 27 heavy (non-hydrogen) atoms. The third kappa shape index (κ3) is 4.66. The van der Waals surface area contributed by atoms with Gasteiger partial charge in [0.1, 0.15) is 17.5 Å². The fraction of sp³-hybridized carbons (Fsp3) is 0.235. The van der Waals surface area contributed by atoms with Crippen LogP contribution >= 0.6 is 0 Å². The molecule has 2 aromatic heterocycles. The lowest BCUT2D eigenvalue weighted by Crippen LogP contribution is -2.29. The smallest absolute Gasteiger partial charge is 0.259 e. The Morgan fingerprint density at radius 3 is 2.41 bits per heavy atom. The first kappa shape index (κ1) is 18.9. The van der Waals surface area contributed by atoms with Gasteiger partial charge < -0.3 is 9.88 Å². The Hall–Kier alpha value is -2.85. The van der Waals surface area contributed by atoms with Crippen molar-refractivity contribution in [3.05, 3.63) is 54.2 Å². The largest absolute Gasteiger partial charge is 0.367 e. The van der Waals surface area contributed by atoms with Crippen LogP contribution in [-0.2, 0) is 17.1 Å². The quantitative estimate of drug-likeness (QED) is 0.596. The summed E-state index contributed by atoms with van der Waals surface area (Å²) in [5.41, 5.74) is 1.38. The molecular formula is C17H19FN6O2S. The first-order valence-corrected chi connectivity index (χ1v) is 9.67. The molecule has 0 unspecified atom stereocenters. The molecular weight excluding hydrogens is 371 g/mol. The number of anilines is 1. The maximum Gasteiger partial charge on any atom is 0.259 e. The molecule has 0 atom stereocenters. The summed E-state index contributed by atoms with van der Waals surface area (Å²) in [5.74, 6) is 0.812. The summed E-state index contributed by atoms with van der Waals surface area (Å²) in [6.45, 7) is 2.23. The monoisotopic (exact) mass is 390 g/mol. The van der Waals surface area contributed by atoms with Crippen LogP contribution in [0.25, 0.3) is 11.3 Å². The highest BCUT2D eigenvalue weighted by Crippen LogP contribution is 2.17. The Morgan fingerprint density at radius 1 is 1.07 bits per heavy atom. The molecule has 0 spiro atoms. The molecule has 0 saturated carbocycles. The number of aromatic nitrogens is 4. The second-order valence-corrected chi connectivity index (χ2v) is 7.59. The van der Waals surface area contributed by atoms with Crippen LogP contribution in [0.3, 0.4) is 0 Å². The van der Waals surface area contributed by atoms with Crippen molar-refractivity contribution in [2.45, 2.75) is 11.9 Å². The number of benzene rings is 1. The maximum atomic E-state index is 13.0. The van der Waals surface area contributed by atoms with Crippen LogP contribution in [0.1, 0.15) is 5.82 Å². The highest BCUT2D eigenvalue weighted by Gasteiger charge is 2.17. The van der Waals surface area contributed by atoms with Gasteiger partial charge in [-0.1, -0.05) is 0 Å². The molecule has 0 radical (unpaired) electrons. The van der Waals surface area contributed by atoms with E-state index in [1.807, 2.05) is 0 Å². The summed E-state index contributed by atoms with van der Waals surface area (Å²) in [6, 6.07) is 9.45. The summed E-state index contributed by atoms with van der Waals surface area (Å²) >= 11 is 0. The van der Waals surface area contributed by atoms with Crippen LogP contribution in [0, 0.1) is 12.7 Å². The van der Waals surface area contributed by atoms with Gasteiger partial charge in [0, 0.05) is 31.9 Å². The first-order chi connectivity index (χ1) is 12.8. The summed E-state index contributed by atoms with van der Waals surface area (Å²) in [4.78, 5) is 4.01. The second-order valence-electron chi connectivity index (χ2n) is 5.87. The van der Waals surface area contributed by atoms with Crippen LogP contribution in [0.2, 0.25) is 0 Å². The van der Waals surface area contributed by atoms with Crippen LogP contribution in [0.4, 0.5) is 10.2 Å². The van der Waals surface area contributed by atoms with Crippen molar-refractivity contribution >= 4 is 15.8 Å². The Labute approximate surface area is 156 Å². The number of hydrogen-bond donors (Lipinski definition) is 2. The predicted molar refractivity (Wildman–Crippen MR) is 99.0 cm³/mol. The Kier molecular flexibility index (Phi) is 5.47. The third-order valence-electron chi connectivity index (χ3n) is 3.89. The standard InChI is InChI=1S/C17H19FN6O2S/c1-12-21-17(11-24(12)2)27(25,26)20-10-9-19-16-8-7-15(22-23-16)13-3-5-14(18)6-4-13/h3-8,11,20H,9-10H2,1-2H3,(H,19,23). The van der Waals surface area contributed by atoms with Crippen LogP contribution < -0.4 is 10.0 Å². The van der Waals surface area contributed by atoms with Crippen LogP contribution in [0.15, 0.2) is 47.6 Å². The molecule has 142 valence electrons. The number of rotatable bonds is 7. The van der Waals surface area contributed by atoms with Gasteiger partial charge in [0.25, 0.3) is 10.0 Å². The number of halogens is 1. The molecule has 3 rings (SSSR count). The molecule has 1 aromatic carbocycles. The minimum atomic E-state index is -3.65. The van der Waals surface area contributed by atoms with Gasteiger partial charge in [-0.15, -0.1) is 10.2 Å². The molecule has 8 nitrogen and oxygen atoms in total. The molecule has 0 fully saturated rings. The minimum absolute atomic E-state index is 0.00839. The van der Waals surface area contributed by atoms with Crippen LogP contribution in [0.5, 0.6) is 0 Å². The zero-order chi connectivity index (χ0) is 19.4. The number of sulfonamides is 1. The van der Waals surface area contributed by atoms with Crippen molar-refractivity contribution < 1.29 is 12.8 Å². The van der Waals surface area contributed by atoms with Gasteiger partial charge in [0.2, 0.25) is 0 Å². The van der Waals surface area contributed by atoms with E-state index in [0.29, 0.717) is 23.9 Å². The van der Waals surface area contributed by atoms with Gasteiger partial charge in [-0.25, -0.2) is 22.5 Å². The summed E-state index contributed by atoms with van der Waals surface area (Å²) in [6.07, 6.45) is 1.46. The molecule has 10 heteroatoms. The van der Waals surface area contributed by atoms with Crippen molar-refractivity contribution in [3.63, 3.8) is 0 Å². The first-order valence-electron chi connectivity index (χ1n) is 8.18. The minimum Gasteiger partial charge on any atom is -0.367 e. The van der Waals surface area contributed by atoms with Gasteiger partial charge in [-0.2, -0.15) is 0 Å². The number of nitrogens with zero attached hydrogens (tertiary/aromatic N) is 4.